The zero-order valence-corrected chi connectivity index (χ0v) is 11.5. The Bertz CT molecular complexity index is 624. The summed E-state index contributed by atoms with van der Waals surface area (Å²) < 4.78 is 10.2. The number of carbonyl (C=O) groups is 3. The highest BCUT2D eigenvalue weighted by molar-refractivity contribution is 6.01. The number of carbonyl (C=O) groups excluding carboxylic acids is 3. The molecule has 6 nitrogen and oxygen atoms in total. The Morgan fingerprint density at radius 3 is 2.90 bits per heavy atom. The largest absolute Gasteiger partial charge is 0.482 e. The monoisotopic (exact) mass is 289 g/mol. The molecule has 1 saturated carbocycles. The number of benzene rings is 1. The van der Waals surface area contributed by atoms with E-state index in [1.54, 1.807) is 12.1 Å². The number of esters is 1. The fourth-order valence-corrected chi connectivity index (χ4v) is 2.23. The number of fused-ring (bicyclic) bond motifs is 1. The van der Waals surface area contributed by atoms with Gasteiger partial charge in [0.05, 0.1) is 11.6 Å². The third kappa shape index (κ3) is 2.89. The number of rotatable bonds is 4. The maximum Gasteiger partial charge on any atom is 0.309 e. The van der Waals surface area contributed by atoms with E-state index in [2.05, 4.69) is 5.32 Å². The van der Waals surface area contributed by atoms with Crippen molar-refractivity contribution in [3.05, 3.63) is 23.8 Å². The van der Waals surface area contributed by atoms with Crippen molar-refractivity contribution in [3.63, 3.8) is 0 Å². The zero-order valence-electron chi connectivity index (χ0n) is 11.5. The number of nitrogens with one attached hydrogen (secondary N) is 1. The van der Waals surface area contributed by atoms with Gasteiger partial charge in [-0.2, -0.15) is 0 Å². The molecule has 1 fully saturated rings. The second-order valence-electron chi connectivity index (χ2n) is 5.40. The van der Waals surface area contributed by atoms with E-state index in [0.717, 1.165) is 6.42 Å². The van der Waals surface area contributed by atoms with E-state index >= 15 is 0 Å². The van der Waals surface area contributed by atoms with Gasteiger partial charge in [0, 0.05) is 5.56 Å². The van der Waals surface area contributed by atoms with Crippen molar-refractivity contribution in [1.29, 1.82) is 0 Å². The Morgan fingerprint density at radius 1 is 1.43 bits per heavy atom. The molecular formula is C15H15NO5. The van der Waals surface area contributed by atoms with Crippen molar-refractivity contribution in [2.45, 2.75) is 13.3 Å². The van der Waals surface area contributed by atoms with Gasteiger partial charge in [0.15, 0.2) is 19.0 Å². The maximum atomic E-state index is 12.0. The Hall–Kier alpha value is -2.37. The summed E-state index contributed by atoms with van der Waals surface area (Å²) in [4.78, 5) is 34.8. The first kappa shape index (κ1) is 13.6. The van der Waals surface area contributed by atoms with Gasteiger partial charge in [-0.25, -0.2) is 0 Å². The van der Waals surface area contributed by atoms with Gasteiger partial charge < -0.3 is 14.8 Å². The van der Waals surface area contributed by atoms with E-state index in [0.29, 0.717) is 22.9 Å². The van der Waals surface area contributed by atoms with Crippen molar-refractivity contribution in [2.75, 3.05) is 18.5 Å². The summed E-state index contributed by atoms with van der Waals surface area (Å²) in [5, 5.41) is 2.63. The molecule has 1 aliphatic heterocycles. The molecule has 21 heavy (non-hydrogen) atoms. The van der Waals surface area contributed by atoms with Crippen LogP contribution in [-0.2, 0) is 14.3 Å². The predicted octanol–water partition coefficient (Wildman–Crippen LogP) is 1.40. The van der Waals surface area contributed by atoms with Crippen LogP contribution < -0.4 is 10.1 Å². The summed E-state index contributed by atoms with van der Waals surface area (Å²) in [7, 11) is 0. The molecular weight excluding hydrogens is 274 g/mol. The van der Waals surface area contributed by atoms with E-state index in [9.17, 15) is 14.4 Å². The van der Waals surface area contributed by atoms with Gasteiger partial charge in [-0.3, -0.25) is 14.4 Å². The third-order valence-electron chi connectivity index (χ3n) is 3.69. The van der Waals surface area contributed by atoms with Gasteiger partial charge in [-0.15, -0.1) is 0 Å². The first-order valence-corrected chi connectivity index (χ1v) is 6.81. The normalized spacial score (nSPS) is 22.6. The summed E-state index contributed by atoms with van der Waals surface area (Å²) in [6.07, 6.45) is 0.829. The number of ketones is 1. The van der Waals surface area contributed by atoms with Crippen molar-refractivity contribution >= 4 is 23.3 Å². The standard InChI is InChI=1S/C15H15NO5/c1-8-4-10(8)15(19)21-6-12(17)9-2-3-13-11(5-9)16-14(18)7-20-13/h2-3,5,8,10H,4,6-7H2,1H3,(H,16,18)/t8-,10-/m1/s1. The topological polar surface area (TPSA) is 81.7 Å². The number of hydrogen-bond acceptors (Lipinski definition) is 5. The Morgan fingerprint density at radius 2 is 2.19 bits per heavy atom. The van der Waals surface area contributed by atoms with Crippen LogP contribution in [0.2, 0.25) is 0 Å². The van der Waals surface area contributed by atoms with Gasteiger partial charge in [0.2, 0.25) is 0 Å². The molecule has 0 saturated heterocycles. The lowest BCUT2D eigenvalue weighted by atomic mass is 10.1. The summed E-state index contributed by atoms with van der Waals surface area (Å²) in [6, 6.07) is 4.74. The highest BCUT2D eigenvalue weighted by Crippen LogP contribution is 2.38. The van der Waals surface area contributed by atoms with Crippen molar-refractivity contribution < 1.29 is 23.9 Å². The van der Waals surface area contributed by atoms with Gasteiger partial charge in [-0.05, 0) is 30.5 Å². The molecule has 3 rings (SSSR count). The summed E-state index contributed by atoms with van der Waals surface area (Å²) in [5.41, 5.74) is 0.829. The highest BCUT2D eigenvalue weighted by Gasteiger charge is 2.40. The molecule has 0 unspecified atom stereocenters. The number of anilines is 1. The fourth-order valence-electron chi connectivity index (χ4n) is 2.23. The molecule has 110 valence electrons. The van der Waals surface area contributed by atoms with Crippen LogP contribution in [0.4, 0.5) is 5.69 Å². The fraction of sp³-hybridized carbons (Fsp3) is 0.400. The third-order valence-corrected chi connectivity index (χ3v) is 3.69. The van der Waals surface area contributed by atoms with Gasteiger partial charge >= 0.3 is 5.97 Å². The molecule has 1 aromatic rings. The number of amides is 1. The summed E-state index contributed by atoms with van der Waals surface area (Å²) in [5.74, 6) is -0.0707. The predicted molar refractivity (Wildman–Crippen MR) is 73.1 cm³/mol. The lowest BCUT2D eigenvalue weighted by Crippen LogP contribution is -2.25. The van der Waals surface area contributed by atoms with Crippen LogP contribution in [0, 0.1) is 11.8 Å². The molecule has 0 bridgehead atoms. The van der Waals surface area contributed by atoms with Crippen molar-refractivity contribution in [3.8, 4) is 5.75 Å². The van der Waals surface area contributed by atoms with Crippen LogP contribution in [0.25, 0.3) is 0 Å². The van der Waals surface area contributed by atoms with Crippen LogP contribution in [0.5, 0.6) is 5.75 Å². The quantitative estimate of drug-likeness (QED) is 0.669. The van der Waals surface area contributed by atoms with Gasteiger partial charge in [0.25, 0.3) is 5.91 Å². The Labute approximate surface area is 121 Å². The van der Waals surface area contributed by atoms with Crippen LogP contribution >= 0.6 is 0 Å². The molecule has 2 aliphatic rings. The first-order valence-electron chi connectivity index (χ1n) is 6.81. The van der Waals surface area contributed by atoms with E-state index in [1.165, 1.54) is 6.07 Å². The average molecular weight is 289 g/mol. The van der Waals surface area contributed by atoms with Crippen LogP contribution in [0.1, 0.15) is 23.7 Å². The molecule has 6 heteroatoms. The SMILES string of the molecule is C[C@@H]1C[C@H]1C(=O)OCC(=O)c1ccc2c(c1)NC(=O)CO2. The van der Waals surface area contributed by atoms with Gasteiger partial charge in [0.1, 0.15) is 5.75 Å². The van der Waals surface area contributed by atoms with E-state index in [4.69, 9.17) is 9.47 Å². The smallest absolute Gasteiger partial charge is 0.309 e. The molecule has 1 amide bonds. The molecule has 0 spiro atoms. The molecule has 1 aliphatic carbocycles. The zero-order chi connectivity index (χ0) is 15.0. The second-order valence-corrected chi connectivity index (χ2v) is 5.40. The molecule has 0 radical (unpaired) electrons. The second kappa shape index (κ2) is 5.20. The minimum Gasteiger partial charge on any atom is -0.482 e. The van der Waals surface area contributed by atoms with Crippen molar-refractivity contribution in [1.82, 2.24) is 0 Å². The highest BCUT2D eigenvalue weighted by atomic mass is 16.5. The first-order chi connectivity index (χ1) is 10.0. The minimum absolute atomic E-state index is 0.0303. The number of Topliss-reactive ketones (excluding diaryl/α,β-unsaturated/α-hetero) is 1. The lowest BCUT2D eigenvalue weighted by molar-refractivity contribution is -0.144. The van der Waals surface area contributed by atoms with Crippen LogP contribution in [0.3, 0.4) is 0 Å². The Kier molecular flexibility index (Phi) is 3.37. The van der Waals surface area contributed by atoms with Gasteiger partial charge in [-0.1, -0.05) is 6.92 Å². The van der Waals surface area contributed by atoms with E-state index in [-0.39, 0.29) is 36.8 Å². The number of hydrogen-bond donors (Lipinski definition) is 1. The molecule has 1 N–H and O–H groups in total. The van der Waals surface area contributed by atoms with E-state index < -0.39 is 0 Å². The number of ether oxygens (including phenoxy) is 2. The Balaban J connectivity index is 1.63. The lowest BCUT2D eigenvalue weighted by Gasteiger charge is -2.18. The summed E-state index contributed by atoms with van der Waals surface area (Å²) in [6.45, 7) is 1.66. The van der Waals surface area contributed by atoms with Crippen molar-refractivity contribution in [2.24, 2.45) is 11.8 Å². The molecule has 0 aromatic heterocycles. The van der Waals surface area contributed by atoms with Crippen LogP contribution in [0.15, 0.2) is 18.2 Å². The van der Waals surface area contributed by atoms with E-state index in [1.807, 2.05) is 6.92 Å². The summed E-state index contributed by atoms with van der Waals surface area (Å²) >= 11 is 0. The molecule has 1 heterocycles. The maximum absolute atomic E-state index is 12.0. The van der Waals surface area contributed by atoms with Crippen LogP contribution in [-0.4, -0.2) is 30.9 Å². The minimum atomic E-state index is -0.314. The average Bonchev–Trinajstić information content (AvgIpc) is 3.20. The molecule has 2 atom stereocenters. The molecule has 1 aromatic carbocycles.